The molecule has 1 atom stereocenters. The van der Waals surface area contributed by atoms with Crippen molar-refractivity contribution in [2.75, 3.05) is 4.90 Å². The number of halogens is 1. The molecule has 0 aliphatic carbocycles. The molecule has 8 heteroatoms. The van der Waals surface area contributed by atoms with E-state index >= 15 is 0 Å². The number of benzene rings is 2. The molecule has 0 radical (unpaired) electrons. The van der Waals surface area contributed by atoms with Crippen LogP contribution in [0, 0.1) is 0 Å². The Bertz CT molecular complexity index is 1380. The zero-order valence-corrected chi connectivity index (χ0v) is 21.1. The van der Waals surface area contributed by atoms with Crippen LogP contribution < -0.4 is 10.2 Å². The van der Waals surface area contributed by atoms with Gasteiger partial charge in [-0.1, -0.05) is 54.9 Å². The third kappa shape index (κ3) is 4.26. The molecule has 5 rings (SSSR count). The van der Waals surface area contributed by atoms with Crippen LogP contribution in [0.1, 0.15) is 35.5 Å². The highest BCUT2D eigenvalue weighted by atomic mass is 35.5. The van der Waals surface area contributed by atoms with Crippen molar-refractivity contribution in [3.63, 3.8) is 0 Å². The second kappa shape index (κ2) is 9.32. The lowest BCUT2D eigenvalue weighted by molar-refractivity contribution is -0.126. The van der Waals surface area contributed by atoms with E-state index in [0.717, 1.165) is 33.8 Å². The van der Waals surface area contributed by atoms with Crippen LogP contribution in [0.4, 0.5) is 5.69 Å². The molecule has 2 aromatic heterocycles. The Morgan fingerprint density at radius 2 is 1.91 bits per heavy atom. The van der Waals surface area contributed by atoms with Gasteiger partial charge in [-0.25, -0.2) is 0 Å². The number of para-hydroxylation sites is 1. The average Bonchev–Trinajstić information content (AvgIpc) is 3.54. The Morgan fingerprint density at radius 3 is 2.63 bits per heavy atom. The molecule has 0 spiro atoms. The molecule has 1 aliphatic heterocycles. The predicted molar refractivity (Wildman–Crippen MR) is 140 cm³/mol. The van der Waals surface area contributed by atoms with Gasteiger partial charge in [0.05, 0.1) is 11.4 Å². The summed E-state index contributed by atoms with van der Waals surface area (Å²) in [5.41, 5.74) is 2.70. The normalized spacial score (nSPS) is 17.3. The molecule has 1 N–H and O–H groups in total. The molecule has 178 valence electrons. The van der Waals surface area contributed by atoms with Crippen molar-refractivity contribution in [3.05, 3.63) is 94.0 Å². The number of thiophene rings is 1. The van der Waals surface area contributed by atoms with Gasteiger partial charge in [-0.05, 0) is 60.2 Å². The number of nitrogens with zero attached hydrogens (tertiary/aromatic N) is 3. The van der Waals surface area contributed by atoms with Gasteiger partial charge < -0.3 is 5.32 Å². The zero-order chi connectivity index (χ0) is 24.6. The maximum absolute atomic E-state index is 14.0. The molecular formula is C27H25ClN4O2S. The molecule has 3 heterocycles. The number of nitrogens with one attached hydrogen (secondary N) is 1. The number of rotatable bonds is 6. The highest BCUT2D eigenvalue weighted by molar-refractivity contribution is 7.13. The van der Waals surface area contributed by atoms with Crippen molar-refractivity contribution in [2.45, 2.75) is 38.9 Å². The third-order valence-corrected chi connectivity index (χ3v) is 7.54. The van der Waals surface area contributed by atoms with Gasteiger partial charge >= 0.3 is 0 Å². The van der Waals surface area contributed by atoms with Crippen molar-refractivity contribution in [1.29, 1.82) is 0 Å². The summed E-state index contributed by atoms with van der Waals surface area (Å²) in [4.78, 5) is 30.4. The van der Waals surface area contributed by atoms with E-state index in [9.17, 15) is 9.59 Å². The highest BCUT2D eigenvalue weighted by Gasteiger charge is 2.49. The second-order valence-electron chi connectivity index (χ2n) is 8.76. The lowest BCUT2D eigenvalue weighted by atomic mass is 9.92. The van der Waals surface area contributed by atoms with Crippen LogP contribution >= 0.6 is 22.9 Å². The van der Waals surface area contributed by atoms with Crippen molar-refractivity contribution < 1.29 is 9.59 Å². The molecule has 0 saturated heterocycles. The molecule has 6 nitrogen and oxygen atoms in total. The summed E-state index contributed by atoms with van der Waals surface area (Å²) in [6.07, 6.45) is 0.738. The molecule has 1 aliphatic rings. The largest absolute Gasteiger partial charge is 0.350 e. The topological polar surface area (TPSA) is 67.2 Å². The van der Waals surface area contributed by atoms with Crippen LogP contribution in [0.5, 0.6) is 0 Å². The summed E-state index contributed by atoms with van der Waals surface area (Å²) < 4.78 is 1.67. The second-order valence-corrected chi connectivity index (χ2v) is 10.1. The molecule has 1 unspecified atom stereocenters. The maximum atomic E-state index is 14.0. The minimum Gasteiger partial charge on any atom is -0.350 e. The number of hydrogen-bond donors (Lipinski definition) is 1. The number of amides is 2. The first-order valence-electron chi connectivity index (χ1n) is 11.5. The summed E-state index contributed by atoms with van der Waals surface area (Å²) in [7, 11) is 0. The highest BCUT2D eigenvalue weighted by Crippen LogP contribution is 2.36. The van der Waals surface area contributed by atoms with Gasteiger partial charge in [-0.15, -0.1) is 11.3 Å². The minimum atomic E-state index is -1.18. The van der Waals surface area contributed by atoms with E-state index in [2.05, 4.69) is 5.32 Å². The van der Waals surface area contributed by atoms with Gasteiger partial charge in [0.2, 0.25) is 5.91 Å². The summed E-state index contributed by atoms with van der Waals surface area (Å²) in [6, 6.07) is 20.8. The van der Waals surface area contributed by atoms with E-state index in [1.807, 2.05) is 73.8 Å². The maximum Gasteiger partial charge on any atom is 0.277 e. The van der Waals surface area contributed by atoms with Gasteiger partial charge in [-0.2, -0.15) is 5.10 Å². The smallest absolute Gasteiger partial charge is 0.277 e. The molecule has 0 fully saturated rings. The monoisotopic (exact) mass is 504 g/mol. The van der Waals surface area contributed by atoms with E-state index in [1.54, 1.807) is 33.1 Å². The number of anilines is 1. The lowest BCUT2D eigenvalue weighted by Gasteiger charge is -2.43. The molecule has 2 aromatic carbocycles. The molecular weight excluding hydrogens is 480 g/mol. The number of aryl methyl sites for hydroxylation is 1. The van der Waals surface area contributed by atoms with Crippen LogP contribution in [0.2, 0.25) is 5.02 Å². The van der Waals surface area contributed by atoms with E-state index in [0.29, 0.717) is 17.3 Å². The quantitative estimate of drug-likeness (QED) is 0.373. The summed E-state index contributed by atoms with van der Waals surface area (Å²) in [5.74, 6) is -0.484. The summed E-state index contributed by atoms with van der Waals surface area (Å²) in [5, 5.41) is 10.4. The Morgan fingerprint density at radius 1 is 1.14 bits per heavy atom. The summed E-state index contributed by atoms with van der Waals surface area (Å²) >= 11 is 7.56. The Hall–Kier alpha value is -3.42. The number of aromatic nitrogens is 2. The molecule has 0 saturated carbocycles. The van der Waals surface area contributed by atoms with Crippen LogP contribution in [0.15, 0.2) is 72.1 Å². The van der Waals surface area contributed by atoms with Gasteiger partial charge in [0.1, 0.15) is 16.9 Å². The first-order chi connectivity index (χ1) is 16.9. The van der Waals surface area contributed by atoms with Gasteiger partial charge in [0.25, 0.3) is 5.91 Å². The fourth-order valence-electron chi connectivity index (χ4n) is 4.51. The first kappa shape index (κ1) is 23.3. The van der Waals surface area contributed by atoms with E-state index < -0.39 is 5.54 Å². The van der Waals surface area contributed by atoms with E-state index in [4.69, 9.17) is 16.7 Å². The van der Waals surface area contributed by atoms with Crippen molar-refractivity contribution >= 4 is 40.4 Å². The average molecular weight is 505 g/mol. The fraction of sp³-hybridized carbons (Fsp3) is 0.222. The third-order valence-electron chi connectivity index (χ3n) is 6.40. The van der Waals surface area contributed by atoms with Crippen molar-refractivity contribution in [3.8, 4) is 10.6 Å². The number of carbonyl (C=O) groups is 2. The predicted octanol–water partition coefficient (Wildman–Crippen LogP) is 5.56. The molecule has 2 amide bonds. The van der Waals surface area contributed by atoms with Gasteiger partial charge in [-0.3, -0.25) is 19.2 Å². The van der Waals surface area contributed by atoms with Crippen molar-refractivity contribution in [1.82, 2.24) is 15.1 Å². The Labute approximate surface area is 213 Å². The SMILES string of the molecule is CCc1ccccc1N1C(=O)c2cc(-c3cccs3)nn2CC1(C)C(=O)NCc1ccc(Cl)cc1. The zero-order valence-electron chi connectivity index (χ0n) is 19.5. The van der Waals surface area contributed by atoms with Gasteiger partial charge in [0, 0.05) is 17.3 Å². The van der Waals surface area contributed by atoms with E-state index in [1.165, 1.54) is 0 Å². The van der Waals surface area contributed by atoms with E-state index in [-0.39, 0.29) is 18.4 Å². The summed E-state index contributed by atoms with van der Waals surface area (Å²) in [6.45, 7) is 4.42. The first-order valence-corrected chi connectivity index (χ1v) is 12.7. The van der Waals surface area contributed by atoms with Crippen LogP contribution in [0.25, 0.3) is 10.6 Å². The standard InChI is InChI=1S/C27H25ClN4O2S/c1-3-19-7-4-5-8-22(19)32-25(33)23-15-21(24-9-6-14-35-24)30-31(23)17-27(32,2)26(34)29-16-18-10-12-20(28)13-11-18/h4-15H,3,16-17H2,1-2H3,(H,29,34). The van der Waals surface area contributed by atoms with Crippen LogP contribution in [-0.2, 0) is 24.3 Å². The van der Waals surface area contributed by atoms with Crippen LogP contribution in [0.3, 0.4) is 0 Å². The number of fused-ring (bicyclic) bond motifs is 1. The van der Waals surface area contributed by atoms with Gasteiger partial charge in [0.15, 0.2) is 0 Å². The van der Waals surface area contributed by atoms with Crippen LogP contribution in [-0.4, -0.2) is 27.1 Å². The molecule has 35 heavy (non-hydrogen) atoms. The Balaban J connectivity index is 1.55. The fourth-order valence-corrected chi connectivity index (χ4v) is 5.31. The minimum absolute atomic E-state index is 0.239. The number of carbonyl (C=O) groups excluding carboxylic acids is 2. The Kier molecular flexibility index (Phi) is 6.21. The van der Waals surface area contributed by atoms with Crippen molar-refractivity contribution in [2.24, 2.45) is 0 Å². The molecule has 0 bridgehead atoms. The lowest BCUT2D eigenvalue weighted by Crippen LogP contribution is -2.64. The molecule has 4 aromatic rings. The number of hydrogen-bond acceptors (Lipinski definition) is 4.